The molecular weight excluding hydrogens is 630 g/mol. The van der Waals surface area contributed by atoms with Crippen molar-refractivity contribution in [3.8, 4) is 5.75 Å². The third-order valence-corrected chi connectivity index (χ3v) is 9.12. The standard InChI is InChI=1S/C30H35BrClN3O5S/c1-5-21(3)33-30(37)22(4)34(19-23-7-11-25(32)12-8-23)29(36)20-35(26-13-15-27(16-14-26)40-6-2)41(38,39)28-17-9-24(31)10-18-28/h7-18,21-22H,5-6,19-20H2,1-4H3,(H,33,37). The molecule has 3 aromatic carbocycles. The van der Waals surface area contributed by atoms with E-state index >= 15 is 0 Å². The highest BCUT2D eigenvalue weighted by atomic mass is 79.9. The molecule has 0 aliphatic heterocycles. The normalized spacial score (nSPS) is 12.7. The number of hydrogen-bond donors (Lipinski definition) is 1. The topological polar surface area (TPSA) is 96.0 Å². The van der Waals surface area contributed by atoms with Gasteiger partial charge in [0.25, 0.3) is 10.0 Å². The van der Waals surface area contributed by atoms with Gasteiger partial charge in [0.2, 0.25) is 11.8 Å². The number of carbonyl (C=O) groups excluding carboxylic acids is 2. The van der Waals surface area contributed by atoms with Crippen LogP contribution in [0.5, 0.6) is 5.75 Å². The molecule has 0 saturated carbocycles. The van der Waals surface area contributed by atoms with Crippen LogP contribution in [-0.4, -0.2) is 50.4 Å². The molecule has 2 unspecified atom stereocenters. The zero-order chi connectivity index (χ0) is 30.2. The van der Waals surface area contributed by atoms with Crippen molar-refractivity contribution in [3.05, 3.63) is 87.9 Å². The fourth-order valence-corrected chi connectivity index (χ4v) is 5.78. The van der Waals surface area contributed by atoms with E-state index in [-0.39, 0.29) is 29.1 Å². The lowest BCUT2D eigenvalue weighted by Crippen LogP contribution is -2.52. The lowest BCUT2D eigenvalue weighted by atomic mass is 10.1. The van der Waals surface area contributed by atoms with E-state index in [1.807, 2.05) is 20.8 Å². The van der Waals surface area contributed by atoms with Crippen LogP contribution in [0.2, 0.25) is 5.02 Å². The Kier molecular flexibility index (Phi) is 11.6. The number of anilines is 1. The molecule has 0 aliphatic rings. The number of rotatable bonds is 13. The SMILES string of the molecule is CCOc1ccc(N(CC(=O)N(Cc2ccc(Cl)cc2)C(C)C(=O)NC(C)CC)S(=O)(=O)c2ccc(Br)cc2)cc1. The fourth-order valence-electron chi connectivity index (χ4n) is 3.97. The zero-order valence-corrected chi connectivity index (χ0v) is 26.7. The third kappa shape index (κ3) is 8.70. The summed E-state index contributed by atoms with van der Waals surface area (Å²) in [5.74, 6) is -0.297. The van der Waals surface area contributed by atoms with E-state index in [4.69, 9.17) is 16.3 Å². The molecule has 220 valence electrons. The number of nitrogens with one attached hydrogen (secondary N) is 1. The summed E-state index contributed by atoms with van der Waals surface area (Å²) in [7, 11) is -4.17. The number of benzene rings is 3. The minimum absolute atomic E-state index is 0.0224. The number of amides is 2. The molecule has 0 radical (unpaired) electrons. The van der Waals surface area contributed by atoms with Crippen molar-refractivity contribution in [1.29, 1.82) is 0 Å². The second-order valence-electron chi connectivity index (χ2n) is 9.53. The van der Waals surface area contributed by atoms with Crippen LogP contribution in [0, 0.1) is 0 Å². The van der Waals surface area contributed by atoms with Gasteiger partial charge in [0.1, 0.15) is 18.3 Å². The van der Waals surface area contributed by atoms with Crippen LogP contribution in [0.4, 0.5) is 5.69 Å². The summed E-state index contributed by atoms with van der Waals surface area (Å²) in [5, 5.41) is 3.46. The van der Waals surface area contributed by atoms with Gasteiger partial charge in [0.05, 0.1) is 17.2 Å². The van der Waals surface area contributed by atoms with Crippen LogP contribution < -0.4 is 14.4 Å². The van der Waals surface area contributed by atoms with E-state index in [2.05, 4.69) is 21.2 Å². The Morgan fingerprint density at radius 1 is 0.951 bits per heavy atom. The lowest BCUT2D eigenvalue weighted by Gasteiger charge is -2.32. The maximum Gasteiger partial charge on any atom is 0.264 e. The van der Waals surface area contributed by atoms with Crippen molar-refractivity contribution < 1.29 is 22.7 Å². The van der Waals surface area contributed by atoms with Crippen molar-refractivity contribution in [3.63, 3.8) is 0 Å². The van der Waals surface area contributed by atoms with Gasteiger partial charge < -0.3 is 15.0 Å². The molecule has 0 heterocycles. The Bertz CT molecular complexity index is 1420. The van der Waals surface area contributed by atoms with Gasteiger partial charge in [0, 0.05) is 22.1 Å². The van der Waals surface area contributed by atoms with Crippen LogP contribution in [0.15, 0.2) is 82.2 Å². The Hall–Kier alpha value is -3.08. The third-order valence-electron chi connectivity index (χ3n) is 6.55. The van der Waals surface area contributed by atoms with Gasteiger partial charge in [-0.05, 0) is 93.4 Å². The maximum atomic E-state index is 14.0. The molecule has 0 aromatic heterocycles. The Labute approximate surface area is 255 Å². The van der Waals surface area contributed by atoms with Crippen molar-refractivity contribution in [2.24, 2.45) is 0 Å². The Balaban J connectivity index is 2.02. The van der Waals surface area contributed by atoms with E-state index in [1.54, 1.807) is 67.6 Å². The predicted octanol–water partition coefficient (Wildman–Crippen LogP) is 6.03. The summed E-state index contributed by atoms with van der Waals surface area (Å²) < 4.78 is 35.1. The molecular formula is C30H35BrClN3O5S. The minimum atomic E-state index is -4.17. The number of halogens is 2. The van der Waals surface area contributed by atoms with Crippen LogP contribution in [-0.2, 0) is 26.2 Å². The van der Waals surface area contributed by atoms with E-state index in [0.717, 1.165) is 20.8 Å². The van der Waals surface area contributed by atoms with Crippen molar-refractivity contribution in [1.82, 2.24) is 10.2 Å². The molecule has 3 aromatic rings. The van der Waals surface area contributed by atoms with E-state index in [1.165, 1.54) is 17.0 Å². The van der Waals surface area contributed by atoms with Gasteiger partial charge in [-0.3, -0.25) is 13.9 Å². The molecule has 11 heteroatoms. The van der Waals surface area contributed by atoms with Crippen LogP contribution in [0.1, 0.15) is 39.7 Å². The summed E-state index contributed by atoms with van der Waals surface area (Å²) in [6.07, 6.45) is 0.723. The summed E-state index contributed by atoms with van der Waals surface area (Å²) in [6, 6.07) is 18.7. The summed E-state index contributed by atoms with van der Waals surface area (Å²) in [4.78, 5) is 28.5. The molecule has 0 aliphatic carbocycles. The van der Waals surface area contributed by atoms with E-state index in [9.17, 15) is 18.0 Å². The van der Waals surface area contributed by atoms with Gasteiger partial charge in [-0.2, -0.15) is 0 Å². The average molecular weight is 665 g/mol. The number of carbonyl (C=O) groups is 2. The second kappa shape index (κ2) is 14.7. The van der Waals surface area contributed by atoms with E-state index in [0.29, 0.717) is 17.4 Å². The molecule has 2 amide bonds. The first kappa shape index (κ1) is 32.4. The predicted molar refractivity (Wildman–Crippen MR) is 166 cm³/mol. The highest BCUT2D eigenvalue weighted by molar-refractivity contribution is 9.10. The van der Waals surface area contributed by atoms with Crippen LogP contribution >= 0.6 is 27.5 Å². The Morgan fingerprint density at radius 3 is 2.12 bits per heavy atom. The van der Waals surface area contributed by atoms with Gasteiger partial charge in [0.15, 0.2) is 0 Å². The van der Waals surface area contributed by atoms with Gasteiger partial charge in [-0.1, -0.05) is 46.6 Å². The number of nitrogens with zero attached hydrogens (tertiary/aromatic N) is 2. The molecule has 3 rings (SSSR count). The first-order valence-electron chi connectivity index (χ1n) is 13.3. The van der Waals surface area contributed by atoms with Crippen LogP contribution in [0.25, 0.3) is 0 Å². The van der Waals surface area contributed by atoms with Crippen molar-refractivity contribution >= 4 is 55.1 Å². The molecule has 41 heavy (non-hydrogen) atoms. The number of ether oxygens (including phenoxy) is 1. The van der Waals surface area contributed by atoms with Crippen molar-refractivity contribution in [2.45, 2.75) is 57.6 Å². The molecule has 0 bridgehead atoms. The highest BCUT2D eigenvalue weighted by Crippen LogP contribution is 2.27. The summed E-state index contributed by atoms with van der Waals surface area (Å²) in [6.45, 7) is 7.33. The smallest absolute Gasteiger partial charge is 0.264 e. The van der Waals surface area contributed by atoms with Gasteiger partial charge >= 0.3 is 0 Å². The first-order chi connectivity index (χ1) is 19.5. The molecule has 8 nitrogen and oxygen atoms in total. The second-order valence-corrected chi connectivity index (χ2v) is 12.7. The van der Waals surface area contributed by atoms with Crippen molar-refractivity contribution in [2.75, 3.05) is 17.5 Å². The highest BCUT2D eigenvalue weighted by Gasteiger charge is 2.32. The maximum absolute atomic E-state index is 14.0. The average Bonchev–Trinajstić information content (AvgIpc) is 2.95. The Morgan fingerprint density at radius 2 is 1.56 bits per heavy atom. The van der Waals surface area contributed by atoms with Gasteiger partial charge in [-0.15, -0.1) is 0 Å². The summed E-state index contributed by atoms with van der Waals surface area (Å²) >= 11 is 9.39. The van der Waals surface area contributed by atoms with Gasteiger partial charge in [-0.25, -0.2) is 8.42 Å². The number of sulfonamides is 1. The lowest BCUT2D eigenvalue weighted by molar-refractivity contribution is -0.139. The van der Waals surface area contributed by atoms with E-state index < -0.39 is 28.5 Å². The molecule has 0 spiro atoms. The molecule has 1 N–H and O–H groups in total. The zero-order valence-electron chi connectivity index (χ0n) is 23.5. The molecule has 0 saturated heterocycles. The minimum Gasteiger partial charge on any atom is -0.494 e. The molecule has 0 fully saturated rings. The first-order valence-corrected chi connectivity index (χ1v) is 15.9. The number of hydrogen-bond acceptors (Lipinski definition) is 5. The summed E-state index contributed by atoms with van der Waals surface area (Å²) in [5.41, 5.74) is 1.03. The monoisotopic (exact) mass is 663 g/mol. The van der Waals surface area contributed by atoms with Crippen LogP contribution in [0.3, 0.4) is 0 Å². The largest absolute Gasteiger partial charge is 0.494 e. The molecule has 2 atom stereocenters. The quantitative estimate of drug-likeness (QED) is 0.241. The fraction of sp³-hybridized carbons (Fsp3) is 0.333.